The van der Waals surface area contributed by atoms with Crippen LogP contribution in [-0.4, -0.2) is 36.5 Å². The third kappa shape index (κ3) is 4.71. The molecule has 1 heterocycles. The van der Waals surface area contributed by atoms with Gasteiger partial charge in [0, 0.05) is 32.1 Å². The Balaban J connectivity index is 0.00000225. The molecule has 16 heavy (non-hydrogen) atoms. The van der Waals surface area contributed by atoms with Gasteiger partial charge in [-0.2, -0.15) is 0 Å². The Labute approximate surface area is 105 Å². The minimum absolute atomic E-state index is 0. The Hall–Kier alpha value is -0.280. The molecule has 1 aliphatic heterocycles. The van der Waals surface area contributed by atoms with Crippen LogP contribution in [0.15, 0.2) is 0 Å². The molecule has 1 fully saturated rings. The number of rotatable bonds is 3. The summed E-state index contributed by atoms with van der Waals surface area (Å²) in [6, 6.07) is 0.437. The largest absolute Gasteiger partial charge is 0.340 e. The highest BCUT2D eigenvalue weighted by molar-refractivity contribution is 5.85. The summed E-state index contributed by atoms with van der Waals surface area (Å²) >= 11 is 0. The van der Waals surface area contributed by atoms with Crippen LogP contribution in [-0.2, 0) is 4.79 Å². The zero-order valence-electron chi connectivity index (χ0n) is 10.9. The first-order valence-corrected chi connectivity index (χ1v) is 5.96. The fourth-order valence-corrected chi connectivity index (χ4v) is 1.81. The van der Waals surface area contributed by atoms with Crippen LogP contribution < -0.4 is 5.32 Å². The molecule has 0 unspecified atom stereocenters. The van der Waals surface area contributed by atoms with Gasteiger partial charge in [0.25, 0.3) is 0 Å². The van der Waals surface area contributed by atoms with E-state index in [0.29, 0.717) is 18.4 Å². The predicted octanol–water partition coefficient (Wildman–Crippen LogP) is 2.05. The number of hydrogen-bond acceptors (Lipinski definition) is 2. The van der Waals surface area contributed by atoms with E-state index in [4.69, 9.17) is 0 Å². The number of nitrogens with zero attached hydrogens (tertiary/aromatic N) is 1. The summed E-state index contributed by atoms with van der Waals surface area (Å²) in [4.78, 5) is 14.0. The Morgan fingerprint density at radius 3 is 2.62 bits per heavy atom. The van der Waals surface area contributed by atoms with Gasteiger partial charge in [-0.05, 0) is 12.3 Å². The van der Waals surface area contributed by atoms with Crippen molar-refractivity contribution in [3.05, 3.63) is 0 Å². The van der Waals surface area contributed by atoms with Gasteiger partial charge in [-0.3, -0.25) is 4.79 Å². The summed E-state index contributed by atoms with van der Waals surface area (Å²) in [7, 11) is 0. The van der Waals surface area contributed by atoms with E-state index >= 15 is 0 Å². The van der Waals surface area contributed by atoms with Crippen LogP contribution in [0.25, 0.3) is 0 Å². The molecule has 1 aliphatic rings. The number of piperazine rings is 1. The molecule has 0 aromatic carbocycles. The fraction of sp³-hybridized carbons (Fsp3) is 0.917. The smallest absolute Gasteiger partial charge is 0.223 e. The van der Waals surface area contributed by atoms with E-state index in [1.54, 1.807) is 0 Å². The molecule has 0 aliphatic carbocycles. The molecule has 0 bridgehead atoms. The number of carbonyl (C=O) groups is 1. The molecule has 0 aromatic rings. The average molecular weight is 249 g/mol. The van der Waals surface area contributed by atoms with E-state index in [9.17, 15) is 4.79 Å². The third-order valence-corrected chi connectivity index (χ3v) is 3.31. The Morgan fingerprint density at radius 1 is 1.50 bits per heavy atom. The van der Waals surface area contributed by atoms with Gasteiger partial charge in [-0.1, -0.05) is 27.2 Å². The van der Waals surface area contributed by atoms with Crippen LogP contribution in [0.2, 0.25) is 0 Å². The predicted molar refractivity (Wildman–Crippen MR) is 70.0 cm³/mol. The van der Waals surface area contributed by atoms with Crippen LogP contribution in [0.4, 0.5) is 0 Å². The lowest BCUT2D eigenvalue weighted by Gasteiger charge is -2.34. The van der Waals surface area contributed by atoms with Crippen molar-refractivity contribution in [1.29, 1.82) is 0 Å². The van der Waals surface area contributed by atoms with Crippen molar-refractivity contribution < 1.29 is 4.79 Å². The molecule has 1 atom stereocenters. The maximum absolute atomic E-state index is 12.0. The second-order valence-corrected chi connectivity index (χ2v) is 5.39. The molecule has 4 heteroatoms. The van der Waals surface area contributed by atoms with Crippen molar-refractivity contribution >= 4 is 18.3 Å². The first-order valence-electron chi connectivity index (χ1n) is 5.96. The lowest BCUT2D eigenvalue weighted by atomic mass is 9.86. The minimum atomic E-state index is 0. The van der Waals surface area contributed by atoms with Crippen molar-refractivity contribution in [2.45, 2.75) is 46.6 Å². The van der Waals surface area contributed by atoms with Gasteiger partial charge in [0.15, 0.2) is 0 Å². The van der Waals surface area contributed by atoms with E-state index in [2.05, 4.69) is 33.0 Å². The summed E-state index contributed by atoms with van der Waals surface area (Å²) in [5, 5.41) is 3.35. The second-order valence-electron chi connectivity index (χ2n) is 5.39. The molecular weight excluding hydrogens is 224 g/mol. The van der Waals surface area contributed by atoms with Gasteiger partial charge in [-0.25, -0.2) is 0 Å². The highest BCUT2D eigenvalue weighted by Crippen LogP contribution is 2.25. The van der Waals surface area contributed by atoms with E-state index < -0.39 is 0 Å². The van der Waals surface area contributed by atoms with Gasteiger partial charge < -0.3 is 10.2 Å². The summed E-state index contributed by atoms with van der Waals surface area (Å²) < 4.78 is 0. The van der Waals surface area contributed by atoms with Crippen molar-refractivity contribution in [1.82, 2.24) is 10.2 Å². The molecule has 1 amide bonds. The fourth-order valence-electron chi connectivity index (χ4n) is 1.81. The molecule has 96 valence electrons. The number of nitrogens with one attached hydrogen (secondary N) is 1. The topological polar surface area (TPSA) is 32.3 Å². The Morgan fingerprint density at radius 2 is 2.12 bits per heavy atom. The highest BCUT2D eigenvalue weighted by Gasteiger charge is 2.26. The van der Waals surface area contributed by atoms with Crippen LogP contribution in [0.3, 0.4) is 0 Å². The Bertz CT molecular complexity index is 231. The summed E-state index contributed by atoms with van der Waals surface area (Å²) in [6.07, 6.45) is 1.73. The van der Waals surface area contributed by atoms with Crippen LogP contribution >= 0.6 is 12.4 Å². The van der Waals surface area contributed by atoms with E-state index in [1.807, 2.05) is 4.90 Å². The SMILES string of the molecule is CCC(C)(C)CC(=O)N1CCN[C@@H](C)C1.Cl. The molecule has 0 radical (unpaired) electrons. The average Bonchev–Trinajstić information content (AvgIpc) is 2.17. The number of halogens is 1. The third-order valence-electron chi connectivity index (χ3n) is 3.31. The molecular formula is C12H25ClN2O. The molecule has 3 nitrogen and oxygen atoms in total. The number of amides is 1. The zero-order chi connectivity index (χ0) is 11.5. The van der Waals surface area contributed by atoms with Crippen LogP contribution in [0.1, 0.15) is 40.5 Å². The van der Waals surface area contributed by atoms with Gasteiger partial charge >= 0.3 is 0 Å². The first kappa shape index (κ1) is 15.7. The molecule has 0 saturated carbocycles. The molecule has 1 rings (SSSR count). The van der Waals surface area contributed by atoms with Crippen LogP contribution in [0.5, 0.6) is 0 Å². The van der Waals surface area contributed by atoms with Crippen molar-refractivity contribution in [3.63, 3.8) is 0 Å². The normalized spacial score (nSPS) is 21.5. The van der Waals surface area contributed by atoms with Gasteiger partial charge in [0.1, 0.15) is 0 Å². The summed E-state index contributed by atoms with van der Waals surface area (Å²) in [5.74, 6) is 0.315. The lowest BCUT2D eigenvalue weighted by Crippen LogP contribution is -2.51. The monoisotopic (exact) mass is 248 g/mol. The van der Waals surface area contributed by atoms with E-state index in [1.165, 1.54) is 0 Å². The van der Waals surface area contributed by atoms with E-state index in [0.717, 1.165) is 26.1 Å². The molecule has 1 N–H and O–H groups in total. The van der Waals surface area contributed by atoms with Gasteiger partial charge in [-0.15, -0.1) is 12.4 Å². The van der Waals surface area contributed by atoms with Crippen molar-refractivity contribution in [2.75, 3.05) is 19.6 Å². The Kier molecular flexibility index (Phi) is 6.34. The summed E-state index contributed by atoms with van der Waals surface area (Å²) in [5.41, 5.74) is 0.144. The number of hydrogen-bond donors (Lipinski definition) is 1. The molecule has 0 spiro atoms. The van der Waals surface area contributed by atoms with Crippen molar-refractivity contribution in [2.24, 2.45) is 5.41 Å². The maximum Gasteiger partial charge on any atom is 0.223 e. The van der Waals surface area contributed by atoms with Crippen LogP contribution in [0, 0.1) is 5.41 Å². The quantitative estimate of drug-likeness (QED) is 0.829. The minimum Gasteiger partial charge on any atom is -0.340 e. The van der Waals surface area contributed by atoms with E-state index in [-0.39, 0.29) is 17.8 Å². The molecule has 1 saturated heterocycles. The maximum atomic E-state index is 12.0. The number of carbonyl (C=O) groups excluding carboxylic acids is 1. The van der Waals surface area contributed by atoms with Crippen molar-refractivity contribution in [3.8, 4) is 0 Å². The first-order chi connectivity index (χ1) is 6.94. The second kappa shape index (κ2) is 6.45. The van der Waals surface area contributed by atoms with Gasteiger partial charge in [0.05, 0.1) is 0 Å². The lowest BCUT2D eigenvalue weighted by molar-refractivity contribution is -0.134. The molecule has 0 aromatic heterocycles. The highest BCUT2D eigenvalue weighted by atomic mass is 35.5. The summed E-state index contributed by atoms with van der Waals surface area (Å²) in [6.45, 7) is 11.3. The van der Waals surface area contributed by atoms with Gasteiger partial charge in [0.2, 0.25) is 5.91 Å². The standard InChI is InChI=1S/C12H24N2O.ClH/c1-5-12(3,4)8-11(15)14-7-6-13-10(2)9-14;/h10,13H,5-9H2,1-4H3;1H/t10-;/m0./s1. The zero-order valence-corrected chi connectivity index (χ0v) is 11.7.